The number of benzene rings is 1. The second kappa shape index (κ2) is 3.72. The third kappa shape index (κ3) is 1.61. The first-order chi connectivity index (χ1) is 7.50. The minimum absolute atomic E-state index is 0.113. The van der Waals surface area contributed by atoms with E-state index in [1.54, 1.807) is 13.0 Å². The van der Waals surface area contributed by atoms with Crippen molar-refractivity contribution in [2.24, 2.45) is 0 Å². The molecule has 82 valence electrons. The van der Waals surface area contributed by atoms with E-state index in [-0.39, 0.29) is 10.7 Å². The highest BCUT2D eigenvalue weighted by Crippen LogP contribution is 2.33. The molecule has 0 radical (unpaired) electrons. The first-order valence-corrected chi connectivity index (χ1v) is 5.09. The summed E-state index contributed by atoms with van der Waals surface area (Å²) in [4.78, 5) is 14.5. The van der Waals surface area contributed by atoms with Gasteiger partial charge in [0.25, 0.3) is 0 Å². The summed E-state index contributed by atoms with van der Waals surface area (Å²) in [5.41, 5.74) is 1.96. The summed E-state index contributed by atoms with van der Waals surface area (Å²) >= 11 is 6.01. The van der Waals surface area contributed by atoms with Crippen LogP contribution in [0.4, 0.5) is 5.69 Å². The lowest BCUT2D eigenvalue weighted by Gasteiger charge is -2.04. The zero-order chi connectivity index (χ0) is 11.9. The Morgan fingerprint density at radius 3 is 2.69 bits per heavy atom. The molecule has 1 aromatic carbocycles. The highest BCUT2D eigenvalue weighted by Gasteiger charge is 2.20. The fourth-order valence-corrected chi connectivity index (χ4v) is 2.02. The van der Waals surface area contributed by atoms with Crippen molar-refractivity contribution in [3.8, 4) is 0 Å². The van der Waals surface area contributed by atoms with Crippen LogP contribution in [-0.2, 0) is 0 Å². The molecule has 0 spiro atoms. The minimum atomic E-state index is -0.496. The molecule has 0 bridgehead atoms. The maximum absolute atomic E-state index is 10.8. The van der Waals surface area contributed by atoms with Crippen LogP contribution < -0.4 is 0 Å². The Bertz CT molecular complexity index is 596. The van der Waals surface area contributed by atoms with Gasteiger partial charge in [-0.2, -0.15) is 0 Å². The Hall–Kier alpha value is -1.68. The number of hydrogen-bond donors (Lipinski definition) is 0. The van der Waals surface area contributed by atoms with Gasteiger partial charge in [-0.25, -0.2) is 4.98 Å². The highest BCUT2D eigenvalue weighted by atomic mass is 35.5. The SMILES string of the molecule is Cc1ccc2c(Cl)c([N+](=O)[O-])c(C)nc2c1. The summed E-state index contributed by atoms with van der Waals surface area (Å²) in [6.07, 6.45) is 0. The quantitative estimate of drug-likeness (QED) is 0.563. The van der Waals surface area contributed by atoms with Crippen molar-refractivity contribution in [2.75, 3.05) is 0 Å². The molecule has 0 N–H and O–H groups in total. The molecule has 1 aromatic heterocycles. The van der Waals surface area contributed by atoms with E-state index in [1.807, 2.05) is 19.1 Å². The lowest BCUT2D eigenvalue weighted by molar-refractivity contribution is -0.385. The van der Waals surface area contributed by atoms with E-state index in [1.165, 1.54) is 0 Å². The van der Waals surface area contributed by atoms with E-state index in [9.17, 15) is 10.1 Å². The maximum atomic E-state index is 10.8. The van der Waals surface area contributed by atoms with Crippen molar-refractivity contribution in [1.29, 1.82) is 0 Å². The Balaban J connectivity index is 2.89. The first kappa shape index (κ1) is 10.8. The molecule has 0 amide bonds. The van der Waals surface area contributed by atoms with Crippen molar-refractivity contribution in [2.45, 2.75) is 13.8 Å². The standard InChI is InChI=1S/C11H9ClN2O2/c1-6-3-4-8-9(5-6)13-7(2)11(10(8)12)14(15)16/h3-5H,1-2H3. The summed E-state index contributed by atoms with van der Waals surface area (Å²) < 4.78 is 0. The Kier molecular flexibility index (Phi) is 2.52. The lowest BCUT2D eigenvalue weighted by atomic mass is 10.1. The zero-order valence-electron chi connectivity index (χ0n) is 8.82. The number of rotatable bonds is 1. The second-order valence-corrected chi connectivity index (χ2v) is 4.02. The maximum Gasteiger partial charge on any atom is 0.309 e. The van der Waals surface area contributed by atoms with Crippen molar-refractivity contribution in [3.63, 3.8) is 0 Å². The smallest absolute Gasteiger partial charge is 0.258 e. The number of fused-ring (bicyclic) bond motifs is 1. The number of hydrogen-bond acceptors (Lipinski definition) is 3. The number of halogens is 1. The van der Waals surface area contributed by atoms with Crippen LogP contribution in [0, 0.1) is 24.0 Å². The van der Waals surface area contributed by atoms with E-state index in [0.29, 0.717) is 16.6 Å². The molecule has 1 heterocycles. The van der Waals surface area contributed by atoms with Crippen LogP contribution in [0.25, 0.3) is 10.9 Å². The molecule has 5 heteroatoms. The predicted molar refractivity (Wildman–Crippen MR) is 62.9 cm³/mol. The molecule has 0 aliphatic heterocycles. The van der Waals surface area contributed by atoms with Gasteiger partial charge in [-0.1, -0.05) is 23.7 Å². The van der Waals surface area contributed by atoms with E-state index >= 15 is 0 Å². The zero-order valence-corrected chi connectivity index (χ0v) is 9.58. The lowest BCUT2D eigenvalue weighted by Crippen LogP contribution is -1.97. The molecule has 0 aliphatic rings. The molecule has 4 nitrogen and oxygen atoms in total. The van der Waals surface area contributed by atoms with Crippen molar-refractivity contribution in [3.05, 3.63) is 44.6 Å². The molecule has 0 atom stereocenters. The largest absolute Gasteiger partial charge is 0.309 e. The van der Waals surface area contributed by atoms with Crippen LogP contribution in [0.5, 0.6) is 0 Å². The van der Waals surface area contributed by atoms with Gasteiger partial charge in [0.15, 0.2) is 0 Å². The van der Waals surface area contributed by atoms with Crippen LogP contribution in [0.3, 0.4) is 0 Å². The van der Waals surface area contributed by atoms with Crippen LogP contribution in [-0.4, -0.2) is 9.91 Å². The molecule has 0 fully saturated rings. The first-order valence-electron chi connectivity index (χ1n) is 4.71. The molecule has 0 aliphatic carbocycles. The van der Waals surface area contributed by atoms with Gasteiger partial charge in [0, 0.05) is 5.39 Å². The number of pyridine rings is 1. The Labute approximate surface area is 97.0 Å². The third-order valence-corrected chi connectivity index (χ3v) is 2.79. The average Bonchev–Trinajstić information content (AvgIpc) is 2.15. The van der Waals surface area contributed by atoms with E-state index in [2.05, 4.69) is 4.98 Å². The minimum Gasteiger partial charge on any atom is -0.258 e. The van der Waals surface area contributed by atoms with Gasteiger partial charge in [-0.15, -0.1) is 0 Å². The van der Waals surface area contributed by atoms with Gasteiger partial charge >= 0.3 is 5.69 Å². The second-order valence-electron chi connectivity index (χ2n) is 3.64. The fraction of sp³-hybridized carbons (Fsp3) is 0.182. The van der Waals surface area contributed by atoms with Crippen LogP contribution in [0.1, 0.15) is 11.3 Å². The number of nitrogens with zero attached hydrogens (tertiary/aromatic N) is 2. The van der Waals surface area contributed by atoms with E-state index in [0.717, 1.165) is 5.56 Å². The van der Waals surface area contributed by atoms with Crippen LogP contribution in [0.2, 0.25) is 5.02 Å². The third-order valence-electron chi connectivity index (χ3n) is 2.41. The number of aryl methyl sites for hydroxylation is 2. The molecule has 2 rings (SSSR count). The molecule has 0 unspecified atom stereocenters. The average molecular weight is 237 g/mol. The monoisotopic (exact) mass is 236 g/mol. The summed E-state index contributed by atoms with van der Waals surface area (Å²) in [6.45, 7) is 3.53. The molecular formula is C11H9ClN2O2. The van der Waals surface area contributed by atoms with Crippen LogP contribution >= 0.6 is 11.6 Å². The topological polar surface area (TPSA) is 56.0 Å². The van der Waals surface area contributed by atoms with Crippen molar-refractivity contribution >= 4 is 28.2 Å². The van der Waals surface area contributed by atoms with Crippen molar-refractivity contribution < 1.29 is 4.92 Å². The predicted octanol–water partition coefficient (Wildman–Crippen LogP) is 3.41. The van der Waals surface area contributed by atoms with Gasteiger partial charge in [-0.3, -0.25) is 10.1 Å². The van der Waals surface area contributed by atoms with Gasteiger partial charge in [0.2, 0.25) is 0 Å². The van der Waals surface area contributed by atoms with E-state index < -0.39 is 4.92 Å². The molecule has 2 aromatic rings. The number of aromatic nitrogens is 1. The molecule has 16 heavy (non-hydrogen) atoms. The Morgan fingerprint density at radius 2 is 2.06 bits per heavy atom. The van der Waals surface area contributed by atoms with Gasteiger partial charge in [0.1, 0.15) is 10.7 Å². The normalized spacial score (nSPS) is 10.7. The van der Waals surface area contributed by atoms with Crippen LogP contribution in [0.15, 0.2) is 18.2 Å². The van der Waals surface area contributed by atoms with E-state index in [4.69, 9.17) is 11.6 Å². The van der Waals surface area contributed by atoms with Crippen molar-refractivity contribution in [1.82, 2.24) is 4.98 Å². The highest BCUT2D eigenvalue weighted by molar-refractivity contribution is 6.37. The summed E-state index contributed by atoms with van der Waals surface area (Å²) in [6, 6.07) is 5.47. The van der Waals surface area contributed by atoms with Gasteiger partial charge < -0.3 is 0 Å². The van der Waals surface area contributed by atoms with Gasteiger partial charge in [-0.05, 0) is 25.5 Å². The molecule has 0 saturated carbocycles. The molecular weight excluding hydrogens is 228 g/mol. The number of nitro groups is 1. The molecule has 0 saturated heterocycles. The fourth-order valence-electron chi connectivity index (χ4n) is 1.65. The van der Waals surface area contributed by atoms with Gasteiger partial charge in [0.05, 0.1) is 10.4 Å². The summed E-state index contributed by atoms with van der Waals surface area (Å²) in [5.74, 6) is 0. The summed E-state index contributed by atoms with van der Waals surface area (Å²) in [7, 11) is 0. The summed E-state index contributed by atoms with van der Waals surface area (Å²) in [5, 5.41) is 11.6. The Morgan fingerprint density at radius 1 is 1.38 bits per heavy atom.